The lowest BCUT2D eigenvalue weighted by atomic mass is 10.3. The van der Waals surface area contributed by atoms with Crippen LogP contribution in [0.2, 0.25) is 0 Å². The molecule has 106 valence electrons. The quantitative estimate of drug-likeness (QED) is 0.835. The second-order valence-corrected chi connectivity index (χ2v) is 6.17. The maximum absolute atomic E-state index is 12.1. The number of hydrogen-bond acceptors (Lipinski definition) is 6. The van der Waals surface area contributed by atoms with Crippen LogP contribution < -0.4 is 4.74 Å². The predicted octanol–water partition coefficient (Wildman–Crippen LogP) is 1.73. The van der Waals surface area contributed by atoms with Crippen molar-refractivity contribution >= 4 is 9.84 Å². The third-order valence-electron chi connectivity index (χ3n) is 2.65. The number of hydrogen-bond donors (Lipinski definition) is 0. The van der Waals surface area contributed by atoms with Crippen LogP contribution in [-0.2, 0) is 9.84 Å². The maximum Gasteiger partial charge on any atom is 0.232 e. The summed E-state index contributed by atoms with van der Waals surface area (Å²) in [6.07, 6.45) is 4.44. The van der Waals surface area contributed by atoms with Crippen molar-refractivity contribution in [1.82, 2.24) is 15.0 Å². The van der Waals surface area contributed by atoms with E-state index in [1.165, 1.54) is 24.7 Å². The summed E-state index contributed by atoms with van der Waals surface area (Å²) in [5.41, 5.74) is 0.714. The van der Waals surface area contributed by atoms with Crippen LogP contribution >= 0.6 is 0 Å². The standard InChI is InChI=1S/C13H15N3O3S/c1-3-19-12-9-15-10(8-16-12)13-11(6-5-7-14-13)20(17,18)4-2/h5-9H,3-4H2,1-2H3. The molecule has 0 saturated carbocycles. The average molecular weight is 293 g/mol. The van der Waals surface area contributed by atoms with Crippen molar-refractivity contribution in [3.63, 3.8) is 0 Å². The molecule has 0 radical (unpaired) electrons. The molecule has 2 heterocycles. The van der Waals surface area contributed by atoms with Crippen LogP contribution in [-0.4, -0.2) is 35.7 Å². The molecule has 0 saturated heterocycles. The molecule has 0 amide bonds. The summed E-state index contributed by atoms with van der Waals surface area (Å²) in [7, 11) is -3.36. The Bertz CT molecular complexity index is 684. The molecule has 0 spiro atoms. The first-order valence-corrected chi connectivity index (χ1v) is 7.86. The second-order valence-electron chi connectivity index (χ2n) is 3.93. The third-order valence-corrected chi connectivity index (χ3v) is 4.41. The topological polar surface area (TPSA) is 82.0 Å². The highest BCUT2D eigenvalue weighted by molar-refractivity contribution is 7.91. The molecule has 0 bridgehead atoms. The van der Waals surface area contributed by atoms with Crippen molar-refractivity contribution in [1.29, 1.82) is 0 Å². The highest BCUT2D eigenvalue weighted by atomic mass is 32.2. The van der Waals surface area contributed by atoms with Crippen molar-refractivity contribution in [2.75, 3.05) is 12.4 Å². The molecular formula is C13H15N3O3S. The molecule has 20 heavy (non-hydrogen) atoms. The number of rotatable bonds is 5. The predicted molar refractivity (Wildman–Crippen MR) is 74.2 cm³/mol. The molecule has 0 atom stereocenters. The Kier molecular flexibility index (Phi) is 4.29. The van der Waals surface area contributed by atoms with E-state index in [4.69, 9.17) is 4.74 Å². The van der Waals surface area contributed by atoms with Gasteiger partial charge in [-0.15, -0.1) is 0 Å². The summed E-state index contributed by atoms with van der Waals surface area (Å²) >= 11 is 0. The highest BCUT2D eigenvalue weighted by Gasteiger charge is 2.19. The van der Waals surface area contributed by atoms with Crippen LogP contribution in [0.1, 0.15) is 13.8 Å². The molecule has 0 aliphatic carbocycles. The lowest BCUT2D eigenvalue weighted by molar-refractivity contribution is 0.325. The molecular weight excluding hydrogens is 278 g/mol. The highest BCUT2D eigenvalue weighted by Crippen LogP contribution is 2.24. The van der Waals surface area contributed by atoms with Gasteiger partial charge in [-0.25, -0.2) is 18.4 Å². The monoisotopic (exact) mass is 293 g/mol. The first-order chi connectivity index (χ1) is 9.58. The van der Waals surface area contributed by atoms with Crippen LogP contribution in [0.15, 0.2) is 35.6 Å². The molecule has 0 aliphatic rings. The molecule has 0 fully saturated rings. The average Bonchev–Trinajstić information content (AvgIpc) is 2.48. The van der Waals surface area contributed by atoms with Crippen molar-refractivity contribution in [2.24, 2.45) is 0 Å². The SMILES string of the molecule is CCOc1cnc(-c2ncccc2S(=O)(=O)CC)cn1. The van der Waals surface area contributed by atoms with Crippen LogP contribution in [0.25, 0.3) is 11.4 Å². The summed E-state index contributed by atoms with van der Waals surface area (Å²) in [6.45, 7) is 3.93. The van der Waals surface area contributed by atoms with Gasteiger partial charge in [0.2, 0.25) is 5.88 Å². The van der Waals surface area contributed by atoms with Crippen LogP contribution in [0.5, 0.6) is 5.88 Å². The number of aromatic nitrogens is 3. The summed E-state index contributed by atoms with van der Waals surface area (Å²) in [6, 6.07) is 3.12. The summed E-state index contributed by atoms with van der Waals surface area (Å²) in [4.78, 5) is 12.5. The van der Waals surface area contributed by atoms with E-state index in [1.807, 2.05) is 6.92 Å². The van der Waals surface area contributed by atoms with Gasteiger partial charge in [0.15, 0.2) is 9.84 Å². The van der Waals surface area contributed by atoms with Crippen molar-refractivity contribution in [3.8, 4) is 17.3 Å². The zero-order valence-corrected chi connectivity index (χ0v) is 12.1. The molecule has 0 N–H and O–H groups in total. The lowest BCUT2D eigenvalue weighted by Crippen LogP contribution is -2.07. The van der Waals surface area contributed by atoms with Gasteiger partial charge in [0.25, 0.3) is 0 Å². The molecule has 0 unspecified atom stereocenters. The second kappa shape index (κ2) is 5.96. The summed E-state index contributed by atoms with van der Waals surface area (Å²) < 4.78 is 29.3. The molecule has 2 rings (SSSR count). The number of nitrogens with zero attached hydrogens (tertiary/aromatic N) is 3. The van der Waals surface area contributed by atoms with Crippen LogP contribution in [0, 0.1) is 0 Å². The van der Waals surface area contributed by atoms with Gasteiger partial charge in [-0.3, -0.25) is 4.98 Å². The normalized spacial score (nSPS) is 11.3. The van der Waals surface area contributed by atoms with E-state index in [1.54, 1.807) is 13.0 Å². The van der Waals surface area contributed by atoms with Gasteiger partial charge < -0.3 is 4.74 Å². The number of sulfone groups is 1. The van der Waals surface area contributed by atoms with Crippen LogP contribution in [0.4, 0.5) is 0 Å². The zero-order chi connectivity index (χ0) is 14.6. The summed E-state index contributed by atoms with van der Waals surface area (Å²) in [5, 5.41) is 0. The van der Waals surface area contributed by atoms with Gasteiger partial charge in [-0.1, -0.05) is 6.92 Å². The van der Waals surface area contributed by atoms with E-state index in [0.29, 0.717) is 23.9 Å². The van der Waals surface area contributed by atoms with E-state index < -0.39 is 9.84 Å². The van der Waals surface area contributed by atoms with E-state index in [0.717, 1.165) is 0 Å². The fourth-order valence-electron chi connectivity index (χ4n) is 1.65. The Hall–Kier alpha value is -2.02. The van der Waals surface area contributed by atoms with Crippen molar-refractivity contribution < 1.29 is 13.2 Å². The molecule has 2 aromatic heterocycles. The largest absolute Gasteiger partial charge is 0.477 e. The minimum Gasteiger partial charge on any atom is -0.477 e. The van der Waals surface area contributed by atoms with Crippen molar-refractivity contribution in [2.45, 2.75) is 18.7 Å². The molecule has 7 heteroatoms. The van der Waals surface area contributed by atoms with Gasteiger partial charge in [0.1, 0.15) is 11.4 Å². The third kappa shape index (κ3) is 2.93. The number of ether oxygens (including phenoxy) is 1. The van der Waals surface area contributed by atoms with Crippen LogP contribution in [0.3, 0.4) is 0 Å². The first-order valence-electron chi connectivity index (χ1n) is 6.21. The van der Waals surface area contributed by atoms with Gasteiger partial charge in [0.05, 0.1) is 29.6 Å². The smallest absolute Gasteiger partial charge is 0.232 e. The fraction of sp³-hybridized carbons (Fsp3) is 0.308. The molecule has 2 aromatic rings. The Labute approximate surface area is 117 Å². The Morgan fingerprint density at radius 1 is 1.15 bits per heavy atom. The molecule has 0 aromatic carbocycles. The molecule has 0 aliphatic heterocycles. The van der Waals surface area contributed by atoms with Crippen molar-refractivity contribution in [3.05, 3.63) is 30.7 Å². The maximum atomic E-state index is 12.1. The fourth-order valence-corrected chi connectivity index (χ4v) is 2.70. The van der Waals surface area contributed by atoms with E-state index in [-0.39, 0.29) is 10.6 Å². The Balaban J connectivity index is 2.48. The van der Waals surface area contributed by atoms with Gasteiger partial charge in [-0.2, -0.15) is 0 Å². The van der Waals surface area contributed by atoms with Gasteiger partial charge in [0, 0.05) is 6.20 Å². The molecule has 6 nitrogen and oxygen atoms in total. The Morgan fingerprint density at radius 2 is 1.95 bits per heavy atom. The minimum absolute atomic E-state index is 0.0101. The minimum atomic E-state index is -3.36. The van der Waals surface area contributed by atoms with Gasteiger partial charge >= 0.3 is 0 Å². The first kappa shape index (κ1) is 14.4. The lowest BCUT2D eigenvalue weighted by Gasteiger charge is -2.08. The van der Waals surface area contributed by atoms with E-state index in [9.17, 15) is 8.42 Å². The van der Waals surface area contributed by atoms with Gasteiger partial charge in [-0.05, 0) is 19.1 Å². The van der Waals surface area contributed by atoms with E-state index in [2.05, 4.69) is 15.0 Å². The zero-order valence-electron chi connectivity index (χ0n) is 11.3. The summed E-state index contributed by atoms with van der Waals surface area (Å²) in [5.74, 6) is 0.406. The number of pyridine rings is 1. The Morgan fingerprint density at radius 3 is 2.55 bits per heavy atom. The van der Waals surface area contributed by atoms with E-state index >= 15 is 0 Å².